The monoisotopic (exact) mass is 470 g/mol. The van der Waals surface area contributed by atoms with Crippen LogP contribution in [0, 0.1) is 12.7 Å². The van der Waals surface area contributed by atoms with Gasteiger partial charge in [-0.25, -0.2) is 4.39 Å². The first-order chi connectivity index (χ1) is 16.6. The minimum absolute atomic E-state index is 0.00361. The highest BCUT2D eigenvalue weighted by molar-refractivity contribution is 6.07. The molecule has 0 N–H and O–H groups in total. The van der Waals surface area contributed by atoms with Crippen LogP contribution in [0.15, 0.2) is 66.7 Å². The van der Waals surface area contributed by atoms with Gasteiger partial charge in [-0.3, -0.25) is 9.69 Å². The molecule has 3 aromatic carbocycles. The standard InChI is InChI=1S/C31H35FN2O/c1-22-5-9-24(10-6-22)29(35)34-21-31(27-19-26(32)13-14-28(27)34)15-17-33(18-16-31)20-23-7-11-25(12-8-23)30(2,3)4/h5-14,19H,15-18,20-21H2,1-4H3. The van der Waals surface area contributed by atoms with Crippen molar-refractivity contribution in [2.75, 3.05) is 24.5 Å². The fraction of sp³-hybridized carbons (Fsp3) is 0.387. The van der Waals surface area contributed by atoms with Gasteiger partial charge in [-0.15, -0.1) is 0 Å². The van der Waals surface area contributed by atoms with Gasteiger partial charge in [-0.05, 0) is 85.3 Å². The predicted molar refractivity (Wildman–Crippen MR) is 141 cm³/mol. The molecule has 3 nitrogen and oxygen atoms in total. The third-order valence-electron chi connectivity index (χ3n) is 7.86. The van der Waals surface area contributed by atoms with E-state index in [-0.39, 0.29) is 22.6 Å². The normalized spacial score (nSPS) is 17.6. The summed E-state index contributed by atoms with van der Waals surface area (Å²) in [5, 5.41) is 0. The van der Waals surface area contributed by atoms with Gasteiger partial charge < -0.3 is 4.90 Å². The number of piperidine rings is 1. The van der Waals surface area contributed by atoms with Crippen LogP contribution in [0.25, 0.3) is 0 Å². The highest BCUT2D eigenvalue weighted by Crippen LogP contribution is 2.48. The molecule has 2 aliphatic heterocycles. The molecule has 0 unspecified atom stereocenters. The number of nitrogens with zero attached hydrogens (tertiary/aromatic N) is 2. The van der Waals surface area contributed by atoms with Crippen LogP contribution >= 0.6 is 0 Å². The molecular formula is C31H35FN2O. The van der Waals surface area contributed by atoms with E-state index in [1.807, 2.05) is 36.1 Å². The van der Waals surface area contributed by atoms with E-state index in [0.717, 1.165) is 49.3 Å². The second-order valence-electron chi connectivity index (χ2n) is 11.4. The molecule has 3 aromatic rings. The molecule has 0 aromatic heterocycles. The minimum Gasteiger partial charge on any atom is -0.307 e. The van der Waals surface area contributed by atoms with Gasteiger partial charge in [0.25, 0.3) is 5.91 Å². The summed E-state index contributed by atoms with van der Waals surface area (Å²) in [4.78, 5) is 17.8. The topological polar surface area (TPSA) is 23.6 Å². The summed E-state index contributed by atoms with van der Waals surface area (Å²) >= 11 is 0. The molecule has 182 valence electrons. The molecule has 1 saturated heterocycles. The number of rotatable bonds is 3. The van der Waals surface area contributed by atoms with Crippen molar-refractivity contribution in [3.63, 3.8) is 0 Å². The van der Waals surface area contributed by atoms with E-state index in [2.05, 4.69) is 49.9 Å². The summed E-state index contributed by atoms with van der Waals surface area (Å²) in [6, 6.07) is 21.6. The summed E-state index contributed by atoms with van der Waals surface area (Å²) in [6.07, 6.45) is 1.84. The van der Waals surface area contributed by atoms with Crippen LogP contribution in [0.3, 0.4) is 0 Å². The Morgan fingerprint density at radius 2 is 1.60 bits per heavy atom. The third-order valence-corrected chi connectivity index (χ3v) is 7.86. The van der Waals surface area contributed by atoms with Crippen LogP contribution in [-0.4, -0.2) is 30.4 Å². The number of hydrogen-bond acceptors (Lipinski definition) is 2. The molecule has 5 rings (SSSR count). The summed E-state index contributed by atoms with van der Waals surface area (Å²) in [7, 11) is 0. The van der Waals surface area contributed by atoms with E-state index in [1.165, 1.54) is 17.2 Å². The Kier molecular flexibility index (Phi) is 6.04. The molecule has 1 amide bonds. The van der Waals surface area contributed by atoms with E-state index in [0.29, 0.717) is 12.1 Å². The van der Waals surface area contributed by atoms with E-state index in [1.54, 1.807) is 12.1 Å². The Morgan fingerprint density at radius 3 is 2.23 bits per heavy atom. The van der Waals surface area contributed by atoms with Crippen molar-refractivity contribution in [3.05, 3.63) is 100 Å². The fourth-order valence-corrected chi connectivity index (χ4v) is 5.61. The van der Waals surface area contributed by atoms with Crippen LogP contribution in [0.2, 0.25) is 0 Å². The number of halogens is 1. The summed E-state index contributed by atoms with van der Waals surface area (Å²) in [5.74, 6) is -0.231. The van der Waals surface area contributed by atoms with E-state index in [4.69, 9.17) is 0 Å². The first kappa shape index (κ1) is 23.7. The number of likely N-dealkylation sites (tertiary alicyclic amines) is 1. The Labute approximate surface area is 208 Å². The zero-order valence-corrected chi connectivity index (χ0v) is 21.3. The van der Waals surface area contributed by atoms with Crippen molar-refractivity contribution >= 4 is 11.6 Å². The fourth-order valence-electron chi connectivity index (χ4n) is 5.61. The van der Waals surface area contributed by atoms with Crippen LogP contribution in [0.5, 0.6) is 0 Å². The smallest absolute Gasteiger partial charge is 0.258 e. The van der Waals surface area contributed by atoms with Crippen molar-refractivity contribution in [1.29, 1.82) is 0 Å². The zero-order valence-electron chi connectivity index (χ0n) is 21.3. The molecule has 0 atom stereocenters. The highest BCUT2D eigenvalue weighted by atomic mass is 19.1. The summed E-state index contributed by atoms with van der Waals surface area (Å²) in [5.41, 5.74) is 6.30. The lowest BCUT2D eigenvalue weighted by Gasteiger charge is -2.40. The van der Waals surface area contributed by atoms with Crippen molar-refractivity contribution in [2.24, 2.45) is 0 Å². The molecule has 1 spiro atoms. The number of carbonyl (C=O) groups excluding carboxylic acids is 1. The lowest BCUT2D eigenvalue weighted by Crippen LogP contribution is -2.45. The summed E-state index contributed by atoms with van der Waals surface area (Å²) in [6.45, 7) is 12.1. The van der Waals surface area contributed by atoms with Gasteiger partial charge in [0.2, 0.25) is 0 Å². The second-order valence-corrected chi connectivity index (χ2v) is 11.4. The Hall–Kier alpha value is -2.98. The van der Waals surface area contributed by atoms with Gasteiger partial charge in [0, 0.05) is 29.8 Å². The number of fused-ring (bicyclic) bond motifs is 2. The SMILES string of the molecule is Cc1ccc(C(=O)N2CC3(CCN(Cc4ccc(C(C)(C)C)cc4)CC3)c3cc(F)ccc32)cc1. The molecule has 2 heterocycles. The lowest BCUT2D eigenvalue weighted by molar-refractivity contribution is 0.0975. The van der Waals surface area contributed by atoms with Gasteiger partial charge in [-0.1, -0.05) is 62.7 Å². The van der Waals surface area contributed by atoms with Gasteiger partial charge >= 0.3 is 0 Å². The number of carbonyl (C=O) groups is 1. The number of benzene rings is 3. The number of aryl methyl sites for hydroxylation is 1. The van der Waals surface area contributed by atoms with Crippen molar-refractivity contribution in [1.82, 2.24) is 4.90 Å². The first-order valence-electron chi connectivity index (χ1n) is 12.7. The maximum atomic E-state index is 14.4. The Balaban J connectivity index is 1.33. The van der Waals surface area contributed by atoms with Crippen molar-refractivity contribution in [2.45, 2.75) is 57.9 Å². The van der Waals surface area contributed by atoms with E-state index >= 15 is 0 Å². The lowest BCUT2D eigenvalue weighted by atomic mass is 9.74. The molecule has 35 heavy (non-hydrogen) atoms. The molecule has 0 bridgehead atoms. The molecule has 4 heteroatoms. The molecule has 0 radical (unpaired) electrons. The van der Waals surface area contributed by atoms with E-state index in [9.17, 15) is 9.18 Å². The van der Waals surface area contributed by atoms with Gasteiger partial charge in [-0.2, -0.15) is 0 Å². The largest absolute Gasteiger partial charge is 0.307 e. The van der Waals surface area contributed by atoms with Gasteiger partial charge in [0.1, 0.15) is 5.82 Å². The molecule has 0 aliphatic carbocycles. The average Bonchev–Trinajstić information content (AvgIpc) is 3.14. The number of hydrogen-bond donors (Lipinski definition) is 0. The van der Waals surface area contributed by atoms with Gasteiger partial charge in [0.05, 0.1) is 0 Å². The minimum atomic E-state index is -0.228. The van der Waals surface area contributed by atoms with Crippen LogP contribution in [-0.2, 0) is 17.4 Å². The first-order valence-corrected chi connectivity index (χ1v) is 12.7. The Morgan fingerprint density at radius 1 is 0.943 bits per heavy atom. The maximum Gasteiger partial charge on any atom is 0.258 e. The molecule has 2 aliphatic rings. The quantitative estimate of drug-likeness (QED) is 0.429. The number of amides is 1. The zero-order chi connectivity index (χ0) is 24.8. The van der Waals surface area contributed by atoms with Crippen molar-refractivity contribution in [3.8, 4) is 0 Å². The predicted octanol–water partition coefficient (Wildman–Crippen LogP) is 6.63. The number of anilines is 1. The third kappa shape index (κ3) is 4.64. The van der Waals surface area contributed by atoms with Crippen LogP contribution in [0.4, 0.5) is 10.1 Å². The molecular weight excluding hydrogens is 435 g/mol. The molecule has 0 saturated carbocycles. The second kappa shape index (κ2) is 8.91. The Bertz CT molecular complexity index is 1220. The highest BCUT2D eigenvalue weighted by Gasteiger charge is 2.46. The summed E-state index contributed by atoms with van der Waals surface area (Å²) < 4.78 is 14.4. The maximum absolute atomic E-state index is 14.4. The van der Waals surface area contributed by atoms with Gasteiger partial charge in [0.15, 0.2) is 0 Å². The molecule has 1 fully saturated rings. The van der Waals surface area contributed by atoms with Crippen LogP contribution < -0.4 is 4.90 Å². The van der Waals surface area contributed by atoms with Crippen molar-refractivity contribution < 1.29 is 9.18 Å². The van der Waals surface area contributed by atoms with E-state index < -0.39 is 0 Å². The van der Waals surface area contributed by atoms with Crippen LogP contribution in [0.1, 0.15) is 66.2 Å². The average molecular weight is 471 g/mol.